The van der Waals surface area contributed by atoms with Crippen LogP contribution in [0.15, 0.2) is 72.8 Å². The van der Waals surface area contributed by atoms with Gasteiger partial charge in [0.05, 0.1) is 11.9 Å². The minimum absolute atomic E-state index is 0.207. The van der Waals surface area contributed by atoms with Crippen LogP contribution >= 0.6 is 0 Å². The predicted octanol–water partition coefficient (Wildman–Crippen LogP) is 5.70. The van der Waals surface area contributed by atoms with Gasteiger partial charge < -0.3 is 10.1 Å². The Morgan fingerprint density at radius 2 is 1.48 bits per heavy atom. The van der Waals surface area contributed by atoms with Crippen LogP contribution in [0.3, 0.4) is 0 Å². The van der Waals surface area contributed by atoms with Gasteiger partial charge in [-0.3, -0.25) is 9.10 Å². The molecule has 7 heteroatoms. The Morgan fingerprint density at radius 3 is 2.06 bits per heavy atom. The SMILES string of the molecule is Cc1cccc(C(C)C)c1NC(=O)[C@H](C)N(c1ccc(Oc2ccccc2)cc1)S(C)(=O)=O. The van der Waals surface area contributed by atoms with Crippen LogP contribution in [-0.2, 0) is 14.8 Å². The topological polar surface area (TPSA) is 75.7 Å². The van der Waals surface area contributed by atoms with Crippen LogP contribution < -0.4 is 14.4 Å². The summed E-state index contributed by atoms with van der Waals surface area (Å²) in [5.74, 6) is 1.05. The van der Waals surface area contributed by atoms with E-state index in [2.05, 4.69) is 19.2 Å². The third-order valence-electron chi connectivity index (χ3n) is 5.33. The Bertz CT molecular complexity index is 1210. The number of amides is 1. The van der Waals surface area contributed by atoms with E-state index in [1.165, 1.54) is 0 Å². The molecule has 3 rings (SSSR count). The molecule has 0 saturated heterocycles. The molecule has 0 aliphatic carbocycles. The highest BCUT2D eigenvalue weighted by Crippen LogP contribution is 2.30. The molecule has 0 saturated carbocycles. The summed E-state index contributed by atoms with van der Waals surface area (Å²) in [5, 5.41) is 2.96. The molecule has 0 bridgehead atoms. The minimum atomic E-state index is -3.73. The number of nitrogens with zero attached hydrogens (tertiary/aromatic N) is 1. The smallest absolute Gasteiger partial charge is 0.248 e. The van der Waals surface area contributed by atoms with Gasteiger partial charge in [0.25, 0.3) is 0 Å². The Balaban J connectivity index is 1.85. The molecule has 1 atom stereocenters. The van der Waals surface area contributed by atoms with E-state index < -0.39 is 22.0 Å². The molecule has 3 aromatic rings. The highest BCUT2D eigenvalue weighted by atomic mass is 32.2. The number of para-hydroxylation sites is 2. The highest BCUT2D eigenvalue weighted by Gasteiger charge is 2.30. The van der Waals surface area contributed by atoms with E-state index in [1.807, 2.05) is 55.5 Å². The number of sulfonamides is 1. The van der Waals surface area contributed by atoms with Gasteiger partial charge in [-0.25, -0.2) is 8.42 Å². The lowest BCUT2D eigenvalue weighted by Gasteiger charge is -2.29. The number of carbonyl (C=O) groups excluding carboxylic acids is 1. The molecule has 0 unspecified atom stereocenters. The van der Waals surface area contributed by atoms with Crippen LogP contribution in [-0.4, -0.2) is 26.6 Å². The van der Waals surface area contributed by atoms with Gasteiger partial charge in [0.1, 0.15) is 17.5 Å². The molecule has 0 aromatic heterocycles. The number of aryl methyl sites for hydroxylation is 1. The van der Waals surface area contributed by atoms with Crippen molar-refractivity contribution in [3.63, 3.8) is 0 Å². The first kappa shape index (κ1) is 24.3. The molecule has 6 nitrogen and oxygen atoms in total. The van der Waals surface area contributed by atoms with Crippen molar-refractivity contribution in [3.8, 4) is 11.5 Å². The van der Waals surface area contributed by atoms with Crippen molar-refractivity contribution in [1.82, 2.24) is 0 Å². The molecule has 0 radical (unpaired) electrons. The summed E-state index contributed by atoms with van der Waals surface area (Å²) in [6, 6.07) is 20.8. The van der Waals surface area contributed by atoms with Crippen molar-refractivity contribution in [2.75, 3.05) is 15.9 Å². The van der Waals surface area contributed by atoms with Gasteiger partial charge in [-0.2, -0.15) is 0 Å². The van der Waals surface area contributed by atoms with Gasteiger partial charge >= 0.3 is 0 Å². The van der Waals surface area contributed by atoms with Crippen molar-refractivity contribution >= 4 is 27.3 Å². The van der Waals surface area contributed by atoms with Gasteiger partial charge in [-0.1, -0.05) is 50.2 Å². The number of hydrogen-bond acceptors (Lipinski definition) is 4. The van der Waals surface area contributed by atoms with E-state index in [0.717, 1.165) is 27.4 Å². The molecular weight excluding hydrogens is 436 g/mol. The van der Waals surface area contributed by atoms with E-state index in [4.69, 9.17) is 4.74 Å². The number of rotatable bonds is 8. The summed E-state index contributed by atoms with van der Waals surface area (Å²) in [7, 11) is -3.73. The summed E-state index contributed by atoms with van der Waals surface area (Å²) >= 11 is 0. The fourth-order valence-corrected chi connectivity index (χ4v) is 4.84. The van der Waals surface area contributed by atoms with Gasteiger partial charge in [-0.15, -0.1) is 0 Å². The molecule has 1 amide bonds. The van der Waals surface area contributed by atoms with Crippen LogP contribution in [0.4, 0.5) is 11.4 Å². The maximum Gasteiger partial charge on any atom is 0.248 e. The van der Waals surface area contributed by atoms with E-state index in [1.54, 1.807) is 31.2 Å². The first-order valence-corrected chi connectivity index (χ1v) is 12.7. The maximum atomic E-state index is 13.2. The van der Waals surface area contributed by atoms with E-state index >= 15 is 0 Å². The van der Waals surface area contributed by atoms with Crippen LogP contribution in [0.25, 0.3) is 0 Å². The second-order valence-electron chi connectivity index (χ2n) is 8.33. The molecule has 1 N–H and O–H groups in total. The van der Waals surface area contributed by atoms with E-state index in [9.17, 15) is 13.2 Å². The molecule has 33 heavy (non-hydrogen) atoms. The number of ether oxygens (including phenoxy) is 1. The molecule has 0 heterocycles. The molecule has 3 aromatic carbocycles. The maximum absolute atomic E-state index is 13.2. The van der Waals surface area contributed by atoms with Gasteiger partial charge in [0.15, 0.2) is 0 Å². The zero-order valence-corrected chi connectivity index (χ0v) is 20.4. The van der Waals surface area contributed by atoms with Crippen molar-refractivity contribution < 1.29 is 17.9 Å². The minimum Gasteiger partial charge on any atom is -0.457 e. The van der Waals surface area contributed by atoms with Crippen LogP contribution in [0.5, 0.6) is 11.5 Å². The van der Waals surface area contributed by atoms with Crippen LogP contribution in [0, 0.1) is 6.92 Å². The lowest BCUT2D eigenvalue weighted by Crippen LogP contribution is -2.45. The standard InChI is InChI=1S/C26H30N2O4S/c1-18(2)24-13-9-10-19(3)25(24)27-26(29)20(4)28(33(5,30)31)21-14-16-23(17-15-21)32-22-11-7-6-8-12-22/h6-18,20H,1-5H3,(H,27,29)/t20-/m0/s1. The second-order valence-corrected chi connectivity index (χ2v) is 10.2. The molecule has 0 spiro atoms. The fourth-order valence-electron chi connectivity index (χ4n) is 3.66. The van der Waals surface area contributed by atoms with Crippen molar-refractivity contribution in [3.05, 3.63) is 83.9 Å². The lowest BCUT2D eigenvalue weighted by molar-refractivity contribution is -0.116. The Kier molecular flexibility index (Phi) is 7.43. The Hall–Kier alpha value is -3.32. The molecule has 0 aliphatic rings. The normalized spacial score (nSPS) is 12.3. The number of nitrogens with one attached hydrogen (secondary N) is 1. The zero-order chi connectivity index (χ0) is 24.2. The fraction of sp³-hybridized carbons (Fsp3) is 0.269. The summed E-state index contributed by atoms with van der Waals surface area (Å²) in [4.78, 5) is 13.2. The van der Waals surface area contributed by atoms with E-state index in [0.29, 0.717) is 17.2 Å². The Morgan fingerprint density at radius 1 is 0.879 bits per heavy atom. The van der Waals surface area contributed by atoms with Gasteiger partial charge in [0.2, 0.25) is 15.9 Å². The predicted molar refractivity (Wildman–Crippen MR) is 134 cm³/mol. The first-order valence-electron chi connectivity index (χ1n) is 10.8. The highest BCUT2D eigenvalue weighted by molar-refractivity contribution is 7.92. The monoisotopic (exact) mass is 466 g/mol. The summed E-state index contributed by atoms with van der Waals surface area (Å²) in [6.45, 7) is 7.61. The van der Waals surface area contributed by atoms with Crippen molar-refractivity contribution in [2.24, 2.45) is 0 Å². The Labute approximate surface area is 196 Å². The van der Waals surface area contributed by atoms with Crippen LogP contribution in [0.2, 0.25) is 0 Å². The average molecular weight is 467 g/mol. The molecular formula is C26H30N2O4S. The average Bonchev–Trinajstić information content (AvgIpc) is 2.76. The lowest BCUT2D eigenvalue weighted by atomic mass is 9.98. The van der Waals surface area contributed by atoms with Gasteiger partial charge in [-0.05, 0) is 67.3 Å². The quantitative estimate of drug-likeness (QED) is 0.462. The number of carbonyl (C=O) groups is 1. The summed E-state index contributed by atoms with van der Waals surface area (Å²) in [5.41, 5.74) is 3.04. The zero-order valence-electron chi connectivity index (χ0n) is 19.6. The summed E-state index contributed by atoms with van der Waals surface area (Å²) < 4.78 is 32.2. The van der Waals surface area contributed by atoms with Crippen molar-refractivity contribution in [2.45, 2.75) is 39.7 Å². The third kappa shape index (κ3) is 5.93. The van der Waals surface area contributed by atoms with Crippen molar-refractivity contribution in [1.29, 1.82) is 0 Å². The number of benzene rings is 3. The largest absolute Gasteiger partial charge is 0.457 e. The van der Waals surface area contributed by atoms with E-state index in [-0.39, 0.29) is 5.92 Å². The number of hydrogen-bond donors (Lipinski definition) is 1. The molecule has 0 aliphatic heterocycles. The van der Waals surface area contributed by atoms with Crippen LogP contribution in [0.1, 0.15) is 37.8 Å². The first-order chi connectivity index (χ1) is 15.6. The van der Waals surface area contributed by atoms with Gasteiger partial charge in [0, 0.05) is 5.69 Å². The third-order valence-corrected chi connectivity index (χ3v) is 6.58. The summed E-state index contributed by atoms with van der Waals surface area (Å²) in [6.07, 6.45) is 1.10. The molecule has 0 fully saturated rings. The molecule has 174 valence electrons. The second kappa shape index (κ2) is 10.1. The number of anilines is 2.